The van der Waals surface area contributed by atoms with E-state index in [1.165, 1.54) is 0 Å². The molecule has 0 saturated heterocycles. The van der Waals surface area contributed by atoms with Crippen LogP contribution in [0.1, 0.15) is 20.8 Å². The molecule has 0 fully saturated rings. The highest BCUT2D eigenvalue weighted by Gasteiger charge is 2.30. The van der Waals surface area contributed by atoms with Crippen molar-refractivity contribution in [3.8, 4) is 0 Å². The summed E-state index contributed by atoms with van der Waals surface area (Å²) in [6.07, 6.45) is -0.863. The van der Waals surface area contributed by atoms with E-state index in [0.29, 0.717) is 30.0 Å². The third-order valence-electron chi connectivity index (χ3n) is 2.65. The van der Waals surface area contributed by atoms with Gasteiger partial charge in [-0.3, -0.25) is 4.79 Å². The van der Waals surface area contributed by atoms with Crippen LogP contribution in [0, 0.1) is 0 Å². The molecule has 8 heteroatoms. The predicted molar refractivity (Wildman–Crippen MR) is 63.3 cm³/mol. The number of carboxylic acids is 1. The second kappa shape index (κ2) is 4.75. The predicted octanol–water partition coefficient (Wildman–Crippen LogP) is 0.733. The van der Waals surface area contributed by atoms with Crippen LogP contribution in [0.15, 0.2) is 0 Å². The van der Waals surface area contributed by atoms with E-state index in [1.54, 1.807) is 0 Å². The van der Waals surface area contributed by atoms with Crippen molar-refractivity contribution in [1.82, 2.24) is 5.32 Å². The first-order chi connectivity index (χ1) is 8.56. The van der Waals surface area contributed by atoms with Crippen molar-refractivity contribution in [1.29, 1.82) is 0 Å². The van der Waals surface area contributed by atoms with Gasteiger partial charge in [-0.1, -0.05) is 0 Å². The van der Waals surface area contributed by atoms with Gasteiger partial charge in [0, 0.05) is 11.4 Å². The Morgan fingerprint density at radius 3 is 2.67 bits per heavy atom. The Bertz CT molecular complexity index is 525. The minimum absolute atomic E-state index is 0.0429. The third-order valence-corrected chi connectivity index (χ3v) is 3.88. The number of carboxylic acid groups (broad SMARTS) is 2. The van der Waals surface area contributed by atoms with Crippen LogP contribution in [-0.2, 0) is 17.8 Å². The quantitative estimate of drug-likeness (QED) is 0.699. The Morgan fingerprint density at radius 1 is 1.39 bits per heavy atom. The first kappa shape index (κ1) is 12.5. The molecule has 3 N–H and O–H groups in total. The lowest BCUT2D eigenvalue weighted by atomic mass is 10.0. The van der Waals surface area contributed by atoms with E-state index in [9.17, 15) is 19.5 Å². The lowest BCUT2D eigenvalue weighted by Gasteiger charge is -2.13. The first-order valence-corrected chi connectivity index (χ1v) is 5.94. The number of thiophene rings is 1. The van der Waals surface area contributed by atoms with Crippen molar-refractivity contribution in [3.05, 3.63) is 16.0 Å². The van der Waals surface area contributed by atoms with Crippen molar-refractivity contribution in [2.24, 2.45) is 0 Å². The van der Waals surface area contributed by atoms with Gasteiger partial charge in [-0.15, -0.1) is 11.3 Å². The maximum atomic E-state index is 11.2. The lowest BCUT2D eigenvalue weighted by Crippen LogP contribution is -2.28. The number of aromatic carboxylic acids is 1. The fourth-order valence-electron chi connectivity index (χ4n) is 1.89. The van der Waals surface area contributed by atoms with Crippen molar-refractivity contribution >= 4 is 34.8 Å². The maximum Gasteiger partial charge on any atom is 0.419 e. The molecule has 1 aliphatic rings. The molecule has 1 aliphatic heterocycles. The Labute approximate surface area is 106 Å². The van der Waals surface area contributed by atoms with Crippen molar-refractivity contribution in [3.63, 3.8) is 0 Å². The summed E-state index contributed by atoms with van der Waals surface area (Å²) in [6, 6.07) is 0. The van der Waals surface area contributed by atoms with Gasteiger partial charge in [0.05, 0.1) is 5.56 Å². The van der Waals surface area contributed by atoms with Crippen LogP contribution < -0.4 is 10.2 Å². The van der Waals surface area contributed by atoms with Crippen LogP contribution in [0.25, 0.3) is 0 Å². The molecule has 0 radical (unpaired) electrons. The fourth-order valence-corrected chi connectivity index (χ4v) is 3.16. The normalized spacial score (nSPS) is 13.8. The summed E-state index contributed by atoms with van der Waals surface area (Å²) in [4.78, 5) is 34.1. The number of amides is 2. The molecule has 0 aromatic carbocycles. The number of hydrogen-bond acceptors (Lipinski definition) is 5. The number of anilines is 1. The number of rotatable bonds is 3. The highest BCUT2D eigenvalue weighted by Crippen LogP contribution is 2.37. The van der Waals surface area contributed by atoms with Gasteiger partial charge < -0.3 is 15.5 Å². The third kappa shape index (κ3) is 1.95. The number of imide groups is 1. The van der Waals surface area contributed by atoms with Crippen LogP contribution in [0.2, 0.25) is 0 Å². The number of nitrogens with zero attached hydrogens (tertiary/aromatic N) is 1. The fraction of sp³-hybridized carbons (Fsp3) is 0.300. The van der Waals surface area contributed by atoms with Crippen LogP contribution in [-0.4, -0.2) is 35.2 Å². The van der Waals surface area contributed by atoms with Crippen molar-refractivity contribution in [2.45, 2.75) is 13.0 Å². The topological polar surface area (TPSA) is 107 Å². The van der Waals surface area contributed by atoms with Crippen molar-refractivity contribution < 1.29 is 24.6 Å². The second-order valence-electron chi connectivity index (χ2n) is 3.67. The molecule has 7 nitrogen and oxygen atoms in total. The molecule has 0 spiro atoms. The minimum Gasteiger partial charge on any atom is -0.478 e. The van der Waals surface area contributed by atoms with E-state index in [0.717, 1.165) is 16.2 Å². The van der Waals surface area contributed by atoms with Crippen LogP contribution in [0.3, 0.4) is 0 Å². The SMILES string of the molecule is O=CN(C(=O)O)c1sc2c(c1C(=O)O)CCNC2. The zero-order valence-corrected chi connectivity index (χ0v) is 9.99. The van der Waals surface area contributed by atoms with Gasteiger partial charge in [0.25, 0.3) is 0 Å². The maximum absolute atomic E-state index is 11.2. The Hall–Kier alpha value is -1.93. The van der Waals surface area contributed by atoms with Gasteiger partial charge >= 0.3 is 12.1 Å². The molecular formula is C10H10N2O5S. The number of carbonyl (C=O) groups excluding carboxylic acids is 1. The number of fused-ring (bicyclic) bond motifs is 1. The van der Waals surface area contributed by atoms with Crippen molar-refractivity contribution in [2.75, 3.05) is 11.4 Å². The molecule has 0 aliphatic carbocycles. The Morgan fingerprint density at radius 2 is 2.11 bits per heavy atom. The molecule has 96 valence electrons. The molecule has 2 rings (SSSR count). The number of nitrogens with one attached hydrogen (secondary N) is 1. The van der Waals surface area contributed by atoms with Crippen LogP contribution >= 0.6 is 11.3 Å². The highest BCUT2D eigenvalue weighted by molar-refractivity contribution is 7.17. The van der Waals surface area contributed by atoms with E-state index in [4.69, 9.17) is 5.11 Å². The zero-order chi connectivity index (χ0) is 13.3. The summed E-state index contributed by atoms with van der Waals surface area (Å²) in [6.45, 7) is 1.13. The van der Waals surface area contributed by atoms with Gasteiger partial charge in [0.2, 0.25) is 6.41 Å². The Kier molecular flexibility index (Phi) is 3.30. The van der Waals surface area contributed by atoms with Gasteiger partial charge in [-0.25, -0.2) is 14.5 Å². The summed E-state index contributed by atoms with van der Waals surface area (Å²) in [7, 11) is 0. The van der Waals surface area contributed by atoms with Gasteiger partial charge in [-0.05, 0) is 18.5 Å². The summed E-state index contributed by atoms with van der Waals surface area (Å²) in [5.41, 5.74) is 0.542. The van der Waals surface area contributed by atoms with E-state index >= 15 is 0 Å². The average molecular weight is 270 g/mol. The standard InChI is InChI=1S/C10H10N2O5S/c13-4-12(10(16)17)8-7(9(14)15)5-1-2-11-3-6(5)18-8/h4,11H,1-3H2,(H,14,15)(H,16,17). The van der Waals surface area contributed by atoms with Gasteiger partial charge in [0.15, 0.2) is 0 Å². The molecule has 0 atom stereocenters. The number of carbonyl (C=O) groups is 3. The molecule has 0 saturated carbocycles. The van der Waals surface area contributed by atoms with E-state index in [1.807, 2.05) is 0 Å². The van der Waals surface area contributed by atoms with Crippen LogP contribution in [0.5, 0.6) is 0 Å². The monoisotopic (exact) mass is 270 g/mol. The molecule has 1 aromatic rings. The summed E-state index contributed by atoms with van der Waals surface area (Å²) >= 11 is 1.02. The average Bonchev–Trinajstić information content (AvgIpc) is 2.68. The van der Waals surface area contributed by atoms with E-state index in [-0.39, 0.29) is 17.0 Å². The number of hydrogen-bond donors (Lipinski definition) is 3. The lowest BCUT2D eigenvalue weighted by molar-refractivity contribution is -0.107. The molecule has 0 unspecified atom stereocenters. The van der Waals surface area contributed by atoms with Gasteiger partial charge in [0.1, 0.15) is 5.00 Å². The molecule has 18 heavy (non-hydrogen) atoms. The molecule has 2 heterocycles. The highest BCUT2D eigenvalue weighted by atomic mass is 32.1. The molecule has 2 amide bonds. The molecular weight excluding hydrogens is 260 g/mol. The van der Waals surface area contributed by atoms with Gasteiger partial charge in [-0.2, -0.15) is 0 Å². The largest absolute Gasteiger partial charge is 0.478 e. The van der Waals surface area contributed by atoms with E-state index < -0.39 is 12.1 Å². The smallest absolute Gasteiger partial charge is 0.419 e. The molecule has 1 aromatic heterocycles. The second-order valence-corrected chi connectivity index (χ2v) is 4.76. The molecule has 0 bridgehead atoms. The first-order valence-electron chi connectivity index (χ1n) is 5.12. The van der Waals surface area contributed by atoms with E-state index in [2.05, 4.69) is 5.32 Å². The zero-order valence-electron chi connectivity index (χ0n) is 9.17. The summed E-state index contributed by atoms with van der Waals surface area (Å²) < 4.78 is 0. The Balaban J connectivity index is 2.59. The summed E-state index contributed by atoms with van der Waals surface area (Å²) in [5, 5.41) is 21.1. The summed E-state index contributed by atoms with van der Waals surface area (Å²) in [5.74, 6) is -1.21. The van der Waals surface area contributed by atoms with Crippen LogP contribution in [0.4, 0.5) is 9.80 Å². The minimum atomic E-state index is -1.49.